The Morgan fingerprint density at radius 3 is 2.50 bits per heavy atom. The number of hydrogen-bond acceptors (Lipinski definition) is 1. The minimum atomic E-state index is -1.41. The zero-order valence-corrected chi connectivity index (χ0v) is 9.06. The molecule has 0 saturated heterocycles. The molecule has 1 unspecified atom stereocenters. The largest absolute Gasteiger partial charge is 0.380 e. The van der Waals surface area contributed by atoms with E-state index >= 15 is 0 Å². The Kier molecular flexibility index (Phi) is 3.08. The van der Waals surface area contributed by atoms with Gasteiger partial charge in [-0.05, 0) is 37.3 Å². The molecule has 0 bridgehead atoms. The topological polar surface area (TPSA) is 12.0 Å². The van der Waals surface area contributed by atoms with Gasteiger partial charge in [-0.3, -0.25) is 0 Å². The zero-order valence-electron chi connectivity index (χ0n) is 9.06. The smallest absolute Gasteiger partial charge is 0.196 e. The van der Waals surface area contributed by atoms with Crippen LogP contribution in [0.2, 0.25) is 0 Å². The summed E-state index contributed by atoms with van der Waals surface area (Å²) in [5.41, 5.74) is 0.0534. The molecule has 1 N–H and O–H groups in total. The Labute approximate surface area is 92.7 Å². The summed E-state index contributed by atoms with van der Waals surface area (Å²) >= 11 is 0. The standard InChI is InChI=1S/C12H14F3N/c1-2-9(7-3-4-7)16-10-6-5-8(13)11(14)12(10)15/h5-7,9,16H,2-4H2,1H3. The predicted octanol–water partition coefficient (Wildman–Crippen LogP) is 3.70. The molecule has 0 radical (unpaired) electrons. The molecule has 1 aromatic carbocycles. The summed E-state index contributed by atoms with van der Waals surface area (Å²) in [5, 5.41) is 2.95. The molecular weight excluding hydrogens is 215 g/mol. The monoisotopic (exact) mass is 229 g/mol. The molecule has 1 aromatic rings. The van der Waals surface area contributed by atoms with E-state index in [0.29, 0.717) is 5.92 Å². The lowest BCUT2D eigenvalue weighted by atomic mass is 10.1. The predicted molar refractivity (Wildman–Crippen MR) is 56.7 cm³/mol. The highest BCUT2D eigenvalue weighted by molar-refractivity contribution is 5.46. The van der Waals surface area contributed by atoms with E-state index in [4.69, 9.17) is 0 Å². The fourth-order valence-corrected chi connectivity index (χ4v) is 1.89. The van der Waals surface area contributed by atoms with Crippen molar-refractivity contribution in [3.63, 3.8) is 0 Å². The van der Waals surface area contributed by atoms with Gasteiger partial charge in [-0.1, -0.05) is 6.92 Å². The fourth-order valence-electron chi connectivity index (χ4n) is 1.89. The van der Waals surface area contributed by atoms with Crippen LogP contribution in [0.25, 0.3) is 0 Å². The van der Waals surface area contributed by atoms with E-state index < -0.39 is 17.5 Å². The summed E-state index contributed by atoms with van der Waals surface area (Å²) < 4.78 is 39.0. The quantitative estimate of drug-likeness (QED) is 0.776. The third kappa shape index (κ3) is 2.15. The van der Waals surface area contributed by atoms with Crippen molar-refractivity contribution < 1.29 is 13.2 Å². The molecule has 0 heterocycles. The molecule has 0 amide bonds. The van der Waals surface area contributed by atoms with Crippen LogP contribution >= 0.6 is 0 Å². The molecule has 1 nitrogen and oxygen atoms in total. The maximum absolute atomic E-state index is 13.4. The molecule has 2 rings (SSSR count). The lowest BCUT2D eigenvalue weighted by molar-refractivity contribution is 0.447. The van der Waals surface area contributed by atoms with Crippen molar-refractivity contribution in [2.24, 2.45) is 5.92 Å². The van der Waals surface area contributed by atoms with E-state index in [1.54, 1.807) is 0 Å². The van der Waals surface area contributed by atoms with Gasteiger partial charge in [0.15, 0.2) is 17.5 Å². The van der Waals surface area contributed by atoms with Crippen molar-refractivity contribution in [3.05, 3.63) is 29.6 Å². The second-order valence-corrected chi connectivity index (χ2v) is 4.22. The molecule has 1 fully saturated rings. The third-order valence-corrected chi connectivity index (χ3v) is 3.01. The molecular formula is C12H14F3N. The van der Waals surface area contributed by atoms with Gasteiger partial charge in [-0.25, -0.2) is 13.2 Å². The maximum atomic E-state index is 13.4. The minimum Gasteiger partial charge on any atom is -0.380 e. The van der Waals surface area contributed by atoms with Gasteiger partial charge in [0, 0.05) is 6.04 Å². The summed E-state index contributed by atoms with van der Waals surface area (Å²) in [6, 6.07) is 2.35. The van der Waals surface area contributed by atoms with Crippen LogP contribution in [-0.4, -0.2) is 6.04 Å². The lowest BCUT2D eigenvalue weighted by Crippen LogP contribution is -2.21. The molecule has 4 heteroatoms. The van der Waals surface area contributed by atoms with Crippen LogP contribution in [0.4, 0.5) is 18.9 Å². The first-order valence-electron chi connectivity index (χ1n) is 5.53. The second kappa shape index (κ2) is 4.36. The normalized spacial score (nSPS) is 17.2. The average Bonchev–Trinajstić information content (AvgIpc) is 3.09. The van der Waals surface area contributed by atoms with Gasteiger partial charge in [-0.15, -0.1) is 0 Å². The van der Waals surface area contributed by atoms with E-state index in [9.17, 15) is 13.2 Å². The Hall–Kier alpha value is -1.19. The maximum Gasteiger partial charge on any atom is 0.196 e. The van der Waals surface area contributed by atoms with Gasteiger partial charge >= 0.3 is 0 Å². The Morgan fingerprint density at radius 2 is 1.94 bits per heavy atom. The number of halogens is 3. The van der Waals surface area contributed by atoms with Crippen molar-refractivity contribution in [3.8, 4) is 0 Å². The number of benzene rings is 1. The van der Waals surface area contributed by atoms with E-state index in [2.05, 4.69) is 5.32 Å². The van der Waals surface area contributed by atoms with Crippen molar-refractivity contribution in [2.45, 2.75) is 32.2 Å². The first kappa shape index (κ1) is 11.3. The summed E-state index contributed by atoms with van der Waals surface area (Å²) in [6.45, 7) is 1.99. The summed E-state index contributed by atoms with van der Waals surface area (Å²) in [6.07, 6.45) is 3.09. The Balaban J connectivity index is 2.17. The minimum absolute atomic E-state index is 0.0534. The van der Waals surface area contributed by atoms with Crippen LogP contribution in [0.3, 0.4) is 0 Å². The molecule has 0 spiro atoms. The van der Waals surface area contributed by atoms with E-state index in [-0.39, 0.29) is 11.7 Å². The first-order chi connectivity index (χ1) is 7.63. The number of anilines is 1. The van der Waals surface area contributed by atoms with Crippen LogP contribution in [0, 0.1) is 23.4 Å². The van der Waals surface area contributed by atoms with Gasteiger partial charge in [0.1, 0.15) is 0 Å². The zero-order chi connectivity index (χ0) is 11.7. The van der Waals surface area contributed by atoms with Gasteiger partial charge in [0.05, 0.1) is 5.69 Å². The highest BCUT2D eigenvalue weighted by atomic mass is 19.2. The molecule has 1 atom stereocenters. The third-order valence-electron chi connectivity index (χ3n) is 3.01. The van der Waals surface area contributed by atoms with Crippen molar-refractivity contribution in [2.75, 3.05) is 5.32 Å². The van der Waals surface area contributed by atoms with Gasteiger partial charge < -0.3 is 5.32 Å². The van der Waals surface area contributed by atoms with Crippen molar-refractivity contribution >= 4 is 5.69 Å². The summed E-state index contributed by atoms with van der Waals surface area (Å²) in [5.74, 6) is -3.14. The van der Waals surface area contributed by atoms with Gasteiger partial charge in [0.2, 0.25) is 0 Å². The fraction of sp³-hybridized carbons (Fsp3) is 0.500. The van der Waals surface area contributed by atoms with Crippen molar-refractivity contribution in [1.82, 2.24) is 0 Å². The van der Waals surface area contributed by atoms with Crippen LogP contribution in [0.15, 0.2) is 12.1 Å². The molecule has 88 valence electrons. The van der Waals surface area contributed by atoms with Crippen LogP contribution in [-0.2, 0) is 0 Å². The Bertz CT molecular complexity index is 388. The average molecular weight is 229 g/mol. The molecule has 1 aliphatic carbocycles. The SMILES string of the molecule is CCC(Nc1ccc(F)c(F)c1F)C1CC1. The number of hydrogen-bond donors (Lipinski definition) is 1. The number of rotatable bonds is 4. The van der Waals surface area contributed by atoms with Crippen LogP contribution in [0.1, 0.15) is 26.2 Å². The molecule has 1 saturated carbocycles. The summed E-state index contributed by atoms with van der Waals surface area (Å²) in [7, 11) is 0. The first-order valence-corrected chi connectivity index (χ1v) is 5.53. The lowest BCUT2D eigenvalue weighted by Gasteiger charge is -2.18. The molecule has 0 aromatic heterocycles. The molecule has 16 heavy (non-hydrogen) atoms. The molecule has 1 aliphatic rings. The van der Waals surface area contributed by atoms with E-state index in [1.807, 2.05) is 6.92 Å². The van der Waals surface area contributed by atoms with Crippen LogP contribution < -0.4 is 5.32 Å². The van der Waals surface area contributed by atoms with E-state index in [1.165, 1.54) is 6.07 Å². The molecule has 0 aliphatic heterocycles. The van der Waals surface area contributed by atoms with Crippen molar-refractivity contribution in [1.29, 1.82) is 0 Å². The highest BCUT2D eigenvalue weighted by Crippen LogP contribution is 2.36. The summed E-state index contributed by atoms with van der Waals surface area (Å²) in [4.78, 5) is 0. The van der Waals surface area contributed by atoms with Gasteiger partial charge in [0.25, 0.3) is 0 Å². The van der Waals surface area contributed by atoms with Crippen LogP contribution in [0.5, 0.6) is 0 Å². The second-order valence-electron chi connectivity index (χ2n) is 4.22. The highest BCUT2D eigenvalue weighted by Gasteiger charge is 2.30. The Morgan fingerprint density at radius 1 is 1.25 bits per heavy atom. The van der Waals surface area contributed by atoms with Gasteiger partial charge in [-0.2, -0.15) is 0 Å². The van der Waals surface area contributed by atoms with E-state index in [0.717, 1.165) is 25.3 Å². The number of nitrogens with one attached hydrogen (secondary N) is 1.